The molecule has 0 aromatic heterocycles. The van der Waals surface area contributed by atoms with E-state index in [0.29, 0.717) is 24.0 Å². The molecule has 2 amide bonds. The summed E-state index contributed by atoms with van der Waals surface area (Å²) in [4.78, 5) is 26.3. The summed E-state index contributed by atoms with van der Waals surface area (Å²) in [6.07, 6.45) is 3.52. The highest BCUT2D eigenvalue weighted by molar-refractivity contribution is 8.19. The summed E-state index contributed by atoms with van der Waals surface area (Å²) in [5.41, 5.74) is -0.464. The Hall–Kier alpha value is -1.08. The number of thioether (sulfide) groups is 1. The van der Waals surface area contributed by atoms with Gasteiger partial charge in [-0.15, -0.1) is 0 Å². The van der Waals surface area contributed by atoms with E-state index in [2.05, 4.69) is 11.4 Å². The molecule has 1 N–H and O–H groups in total. The summed E-state index contributed by atoms with van der Waals surface area (Å²) in [7, 11) is 0. The zero-order valence-corrected chi connectivity index (χ0v) is 14.1. The third-order valence-corrected chi connectivity index (χ3v) is 4.52. The van der Waals surface area contributed by atoms with Gasteiger partial charge in [-0.25, -0.2) is 4.79 Å². The van der Waals surface area contributed by atoms with Gasteiger partial charge in [-0.3, -0.25) is 4.79 Å². The van der Waals surface area contributed by atoms with Gasteiger partial charge in [0.1, 0.15) is 10.6 Å². The fourth-order valence-electron chi connectivity index (χ4n) is 2.22. The molecular formula is C14H20N2O3S2. The van der Waals surface area contributed by atoms with Gasteiger partial charge in [0.2, 0.25) is 0 Å². The van der Waals surface area contributed by atoms with E-state index in [1.165, 1.54) is 0 Å². The van der Waals surface area contributed by atoms with E-state index in [1.54, 1.807) is 4.90 Å². The number of carbonyl (C=O) groups is 2. The minimum absolute atomic E-state index is 0.113. The van der Waals surface area contributed by atoms with Crippen molar-refractivity contribution in [2.24, 2.45) is 5.92 Å². The average Bonchev–Trinajstić information content (AvgIpc) is 2.66. The molecule has 2 aliphatic rings. The van der Waals surface area contributed by atoms with Crippen molar-refractivity contribution < 1.29 is 14.3 Å². The van der Waals surface area contributed by atoms with Gasteiger partial charge < -0.3 is 15.0 Å². The number of ether oxygens (including phenoxy) is 1. The van der Waals surface area contributed by atoms with Gasteiger partial charge in [-0.1, -0.05) is 18.3 Å². The molecule has 21 heavy (non-hydrogen) atoms. The van der Waals surface area contributed by atoms with Crippen molar-refractivity contribution in [1.29, 1.82) is 0 Å². The fraction of sp³-hybridized carbons (Fsp3) is 0.643. The van der Waals surface area contributed by atoms with Crippen LogP contribution in [0.2, 0.25) is 0 Å². The van der Waals surface area contributed by atoms with E-state index in [-0.39, 0.29) is 11.3 Å². The van der Waals surface area contributed by atoms with Crippen molar-refractivity contribution in [2.75, 3.05) is 13.1 Å². The zero-order chi connectivity index (χ0) is 15.6. The van der Waals surface area contributed by atoms with Gasteiger partial charge in [0.25, 0.3) is 5.24 Å². The summed E-state index contributed by atoms with van der Waals surface area (Å²) >= 11 is 6.25. The summed E-state index contributed by atoms with van der Waals surface area (Å²) in [5, 5.41) is 2.50. The topological polar surface area (TPSA) is 58.6 Å². The number of rotatable bonds is 1. The second kappa shape index (κ2) is 6.36. The Kier molecular flexibility index (Phi) is 4.93. The van der Waals surface area contributed by atoms with Crippen LogP contribution in [0.25, 0.3) is 0 Å². The number of thiocarbonyl (C=S) groups is 1. The Balaban J connectivity index is 1.86. The van der Waals surface area contributed by atoms with Crippen LogP contribution in [0.4, 0.5) is 9.59 Å². The predicted molar refractivity (Wildman–Crippen MR) is 87.3 cm³/mol. The number of nitrogens with zero attached hydrogens (tertiary/aromatic N) is 1. The highest BCUT2D eigenvalue weighted by atomic mass is 32.2. The molecule has 7 heteroatoms. The normalized spacial score (nSPS) is 22.6. The van der Waals surface area contributed by atoms with E-state index < -0.39 is 5.60 Å². The van der Waals surface area contributed by atoms with Crippen LogP contribution in [0.1, 0.15) is 33.6 Å². The molecule has 0 saturated carbocycles. The fourth-order valence-corrected chi connectivity index (χ4v) is 3.33. The standard InChI is InChI=1S/C14H20N2O3S2/c1-14(2,3)19-13(18)16-6-4-9(5-7-16)8-10-11(20)15-12(17)21-10/h8-9H,4-7H2,1-3H3,(H,15,17,20)/b10-8-. The molecule has 0 radical (unpaired) electrons. The Morgan fingerprint density at radius 1 is 1.43 bits per heavy atom. The van der Waals surface area contributed by atoms with Gasteiger partial charge >= 0.3 is 6.09 Å². The van der Waals surface area contributed by atoms with Crippen molar-refractivity contribution in [3.63, 3.8) is 0 Å². The summed E-state index contributed by atoms with van der Waals surface area (Å²) in [5.74, 6) is 0.344. The van der Waals surface area contributed by atoms with Crippen molar-refractivity contribution >= 4 is 40.3 Å². The maximum absolute atomic E-state index is 12.0. The third kappa shape index (κ3) is 4.71. The highest BCUT2D eigenvalue weighted by Gasteiger charge is 2.28. The minimum atomic E-state index is -0.464. The Morgan fingerprint density at radius 3 is 2.52 bits per heavy atom. The van der Waals surface area contributed by atoms with Crippen LogP contribution in [-0.2, 0) is 4.74 Å². The van der Waals surface area contributed by atoms with E-state index in [0.717, 1.165) is 29.5 Å². The van der Waals surface area contributed by atoms with Gasteiger partial charge in [-0.05, 0) is 51.3 Å². The SMILES string of the molecule is CC(C)(C)OC(=O)N1CCC(/C=C2\SC(=O)NC2=S)CC1. The number of likely N-dealkylation sites (tertiary alicyclic amines) is 1. The van der Waals surface area contributed by atoms with Gasteiger partial charge in [0.05, 0.1) is 0 Å². The number of hydrogen-bond acceptors (Lipinski definition) is 5. The first kappa shape index (κ1) is 16.3. The molecule has 0 spiro atoms. The molecule has 0 atom stereocenters. The maximum atomic E-state index is 12.0. The molecule has 2 aliphatic heterocycles. The lowest BCUT2D eigenvalue weighted by molar-refractivity contribution is 0.0197. The smallest absolute Gasteiger partial charge is 0.410 e. The van der Waals surface area contributed by atoms with Crippen molar-refractivity contribution in [3.8, 4) is 0 Å². The number of piperidine rings is 1. The van der Waals surface area contributed by atoms with Crippen LogP contribution in [-0.4, -0.2) is 39.9 Å². The first-order chi connectivity index (χ1) is 9.74. The molecule has 0 aromatic carbocycles. The molecule has 5 nitrogen and oxygen atoms in total. The summed E-state index contributed by atoms with van der Waals surface area (Å²) in [6, 6.07) is 0. The van der Waals surface area contributed by atoms with Crippen molar-refractivity contribution in [1.82, 2.24) is 10.2 Å². The van der Waals surface area contributed by atoms with Crippen molar-refractivity contribution in [3.05, 3.63) is 11.0 Å². The Bertz CT molecular complexity index is 489. The first-order valence-electron chi connectivity index (χ1n) is 6.97. The lowest BCUT2D eigenvalue weighted by Gasteiger charge is -2.32. The van der Waals surface area contributed by atoms with Gasteiger partial charge in [0, 0.05) is 18.0 Å². The number of allylic oxidation sites excluding steroid dienone is 1. The molecule has 2 rings (SSSR count). The van der Waals surface area contributed by atoms with E-state index in [9.17, 15) is 9.59 Å². The van der Waals surface area contributed by atoms with Gasteiger partial charge in [-0.2, -0.15) is 0 Å². The minimum Gasteiger partial charge on any atom is -0.444 e. The van der Waals surface area contributed by atoms with Crippen LogP contribution >= 0.6 is 24.0 Å². The van der Waals surface area contributed by atoms with Crippen LogP contribution in [0.5, 0.6) is 0 Å². The largest absolute Gasteiger partial charge is 0.444 e. The second-order valence-electron chi connectivity index (χ2n) is 6.18. The lowest BCUT2D eigenvalue weighted by Crippen LogP contribution is -2.41. The molecular weight excluding hydrogens is 308 g/mol. The zero-order valence-electron chi connectivity index (χ0n) is 12.5. The van der Waals surface area contributed by atoms with E-state index in [1.807, 2.05) is 20.8 Å². The number of nitrogens with one attached hydrogen (secondary N) is 1. The molecule has 116 valence electrons. The number of carbonyl (C=O) groups excluding carboxylic acids is 2. The van der Waals surface area contributed by atoms with Crippen LogP contribution < -0.4 is 5.32 Å². The van der Waals surface area contributed by atoms with Gasteiger partial charge in [0.15, 0.2) is 0 Å². The molecule has 0 aromatic rings. The average molecular weight is 328 g/mol. The Labute approximate surface area is 134 Å². The predicted octanol–water partition coefficient (Wildman–Crippen LogP) is 3.30. The third-order valence-electron chi connectivity index (χ3n) is 3.22. The monoisotopic (exact) mass is 328 g/mol. The van der Waals surface area contributed by atoms with Crippen LogP contribution in [0.3, 0.4) is 0 Å². The molecule has 2 fully saturated rings. The second-order valence-corrected chi connectivity index (χ2v) is 7.60. The number of amides is 2. The van der Waals surface area contributed by atoms with Crippen LogP contribution in [0, 0.1) is 5.92 Å². The molecule has 2 heterocycles. The summed E-state index contributed by atoms with van der Waals surface area (Å²) < 4.78 is 5.37. The van der Waals surface area contributed by atoms with Crippen molar-refractivity contribution in [2.45, 2.75) is 39.2 Å². The van der Waals surface area contributed by atoms with Crippen LogP contribution in [0.15, 0.2) is 11.0 Å². The van der Waals surface area contributed by atoms with E-state index >= 15 is 0 Å². The quantitative estimate of drug-likeness (QED) is 0.591. The molecule has 0 aliphatic carbocycles. The molecule has 0 unspecified atom stereocenters. The summed E-state index contributed by atoms with van der Waals surface area (Å²) in [6.45, 7) is 6.93. The van der Waals surface area contributed by atoms with E-state index in [4.69, 9.17) is 17.0 Å². The first-order valence-corrected chi connectivity index (χ1v) is 8.20. The molecule has 0 bridgehead atoms. The highest BCUT2D eigenvalue weighted by Crippen LogP contribution is 2.29. The number of hydrogen-bond donors (Lipinski definition) is 1. The lowest BCUT2D eigenvalue weighted by atomic mass is 9.96. The molecule has 2 saturated heterocycles. The Morgan fingerprint density at radius 2 is 2.05 bits per heavy atom. The maximum Gasteiger partial charge on any atom is 0.410 e.